The van der Waals surface area contributed by atoms with E-state index in [9.17, 15) is 0 Å². The Morgan fingerprint density at radius 2 is 0.355 bits per heavy atom. The van der Waals surface area contributed by atoms with Gasteiger partial charge in [0, 0.05) is 18.0 Å². The van der Waals surface area contributed by atoms with E-state index in [4.69, 9.17) is 9.97 Å². The van der Waals surface area contributed by atoms with Gasteiger partial charge in [0.2, 0.25) is 0 Å². The normalized spacial score (nSPS) is 11.5. The molecule has 0 atom stereocenters. The summed E-state index contributed by atoms with van der Waals surface area (Å²) in [5, 5.41) is 0. The maximum atomic E-state index is 4.79. The van der Waals surface area contributed by atoms with Crippen LogP contribution in [0.4, 0.5) is 0 Å². The van der Waals surface area contributed by atoms with Gasteiger partial charge in [-0.25, -0.2) is 9.97 Å². The van der Waals surface area contributed by atoms with Crippen LogP contribution in [0.3, 0.4) is 0 Å². The lowest BCUT2D eigenvalue weighted by Gasteiger charge is -2.21. The van der Waals surface area contributed by atoms with Crippen molar-refractivity contribution in [1.29, 1.82) is 0 Å². The molecule has 25 rings (SSSR count). The molecule has 0 saturated carbocycles. The van der Waals surface area contributed by atoms with Crippen LogP contribution in [0.5, 0.6) is 0 Å². The van der Waals surface area contributed by atoms with E-state index in [1.54, 1.807) is 0 Å². The lowest BCUT2D eigenvalue weighted by molar-refractivity contribution is -0.568. The fourth-order valence-corrected chi connectivity index (χ4v) is 20.4. The number of nitrogens with zero attached hydrogens (tertiary/aromatic N) is 10. The smallest absolute Gasteiger partial charge is 0.237 e. The quantitative estimate of drug-likeness (QED) is 0.0714. The molecule has 0 bridgehead atoms. The lowest BCUT2D eigenvalue weighted by atomic mass is 9.82. The van der Waals surface area contributed by atoms with E-state index in [-0.39, 0.29) is 0 Å². The second-order valence-electron chi connectivity index (χ2n) is 35.1. The highest BCUT2D eigenvalue weighted by Crippen LogP contribution is 2.49. The van der Waals surface area contributed by atoms with Crippen molar-refractivity contribution in [1.82, 2.24) is 28.2 Å². The van der Waals surface area contributed by atoms with Gasteiger partial charge >= 0.3 is 0 Å². The van der Waals surface area contributed by atoms with Gasteiger partial charge in [-0.1, -0.05) is 309 Å². The van der Waals surface area contributed by atoms with Crippen molar-refractivity contribution < 1.29 is 18.3 Å². The van der Waals surface area contributed by atoms with Crippen molar-refractivity contribution in [3.8, 4) is 179 Å². The predicted octanol–water partition coefficient (Wildman–Crippen LogP) is 29.4. The molecule has 0 saturated heterocycles. The summed E-state index contributed by atoms with van der Waals surface area (Å²) in [6.07, 6.45) is 12.5. The van der Waals surface area contributed by atoms with Gasteiger partial charge in [0.05, 0.1) is 0 Å². The zero-order valence-corrected chi connectivity index (χ0v) is 75.3. The molecule has 25 aromatic rings. The fourth-order valence-electron chi connectivity index (χ4n) is 20.4. The Labute approximate surface area is 799 Å². The van der Waals surface area contributed by atoms with Gasteiger partial charge in [-0.3, -0.25) is 0 Å². The van der Waals surface area contributed by atoms with Gasteiger partial charge in [-0.15, -0.1) is 0 Å². The largest absolute Gasteiger partial charge is 0.255 e. The number of imidazole rings is 4. The summed E-state index contributed by atoms with van der Waals surface area (Å²) in [6, 6.07) is 181. The first-order chi connectivity index (χ1) is 68.4. The van der Waals surface area contributed by atoms with E-state index in [0.717, 1.165) is 218 Å². The van der Waals surface area contributed by atoms with E-state index in [1.165, 1.54) is 0 Å². The minimum Gasteiger partial charge on any atom is -0.237 e. The Hall–Kier alpha value is -18.6. The van der Waals surface area contributed by atoms with Gasteiger partial charge in [-0.05, 0) is 310 Å². The van der Waals surface area contributed by atoms with Crippen LogP contribution in [-0.2, 0) is 0 Å². The van der Waals surface area contributed by atoms with Gasteiger partial charge < -0.3 is 0 Å². The summed E-state index contributed by atoms with van der Waals surface area (Å²) in [5.41, 5.74) is 42.4. The number of fused-ring (bicyclic) bond motifs is 4. The van der Waals surface area contributed by atoms with Crippen LogP contribution in [-0.4, -0.2) is 28.2 Å². The molecule has 0 N–H and O–H groups in total. The van der Waals surface area contributed by atoms with Gasteiger partial charge in [0.25, 0.3) is 25.3 Å². The molecule has 138 heavy (non-hydrogen) atoms. The molecule has 10 heteroatoms. The third-order valence-electron chi connectivity index (χ3n) is 27.0. The third kappa shape index (κ3) is 15.0. The fraction of sp³-hybridized carbons (Fsp3) is 0. The highest BCUT2D eigenvalue weighted by molar-refractivity contribution is 6.02. The zero-order chi connectivity index (χ0) is 91.4. The van der Waals surface area contributed by atoms with Crippen molar-refractivity contribution in [2.75, 3.05) is 0 Å². The minimum absolute atomic E-state index is 0.656. The van der Waals surface area contributed by atoms with E-state index in [1.807, 2.05) is 18.5 Å². The summed E-state index contributed by atoms with van der Waals surface area (Å²) >= 11 is 0. The molecular formula is C128H88N10+4. The van der Waals surface area contributed by atoms with Gasteiger partial charge in [0.1, 0.15) is 45.5 Å². The SMILES string of the molecule is c1ccc(-[n+]2cn(-c3ccc(-c4ccccc4-c4cc(-c5ccccc5-c5ccc(-n6c[n+](-c7ccccc7)c7ccccc76)cc5)cc(-c5cccc(-c6cc(-c7ccccc7-c7ccc(-n8c[n+](-c9ccccc9)c9ccccc98)cc7)cc(-c7ccccc7-c7ccc(-n8c[n+](-c9ccccc9)c9ccccc98)cc7)c6)c5-c5ccc(-c6ncccn6)cc5)c4)cc3)c3ccccc32)cc1. The van der Waals surface area contributed by atoms with Crippen molar-refractivity contribution in [2.24, 2.45) is 0 Å². The first kappa shape index (κ1) is 81.4. The lowest BCUT2D eigenvalue weighted by Crippen LogP contribution is -2.28. The molecule has 0 aliphatic heterocycles. The van der Waals surface area contributed by atoms with Gasteiger partial charge in [0.15, 0.2) is 50.0 Å². The maximum absolute atomic E-state index is 4.79. The van der Waals surface area contributed by atoms with Crippen molar-refractivity contribution in [3.63, 3.8) is 0 Å². The molecule has 5 heterocycles. The number of hydrogen-bond donors (Lipinski definition) is 0. The molecule has 646 valence electrons. The molecular weight excluding hydrogens is 1680 g/mol. The molecule has 10 nitrogen and oxygen atoms in total. The molecule has 0 aliphatic carbocycles. The summed E-state index contributed by atoms with van der Waals surface area (Å²) in [5.74, 6) is 0.656. The van der Waals surface area contributed by atoms with Crippen LogP contribution < -0.4 is 18.3 Å². The maximum Gasteiger partial charge on any atom is 0.255 e. The Morgan fingerprint density at radius 3 is 0.616 bits per heavy atom. The van der Waals surface area contributed by atoms with E-state index in [0.29, 0.717) is 5.82 Å². The molecule has 0 spiro atoms. The first-order valence-electron chi connectivity index (χ1n) is 46.9. The van der Waals surface area contributed by atoms with Crippen LogP contribution in [0.1, 0.15) is 0 Å². The minimum atomic E-state index is 0.656. The zero-order valence-electron chi connectivity index (χ0n) is 75.3. The number of rotatable bonds is 20. The number of hydrogen-bond acceptors (Lipinski definition) is 2. The molecule has 0 aliphatic rings. The number of para-hydroxylation sites is 12. The van der Waals surface area contributed by atoms with Crippen LogP contribution >= 0.6 is 0 Å². The summed E-state index contributed by atoms with van der Waals surface area (Å²) in [6.45, 7) is 0. The predicted molar refractivity (Wildman–Crippen MR) is 561 cm³/mol. The Bertz CT molecular complexity index is 7950. The van der Waals surface area contributed by atoms with Crippen LogP contribution in [0.2, 0.25) is 0 Å². The van der Waals surface area contributed by atoms with Gasteiger partial charge in [-0.2, -0.15) is 36.5 Å². The number of benzene rings is 20. The van der Waals surface area contributed by atoms with Crippen LogP contribution in [0.15, 0.2) is 535 Å². The van der Waals surface area contributed by atoms with Crippen LogP contribution in [0, 0.1) is 0 Å². The second-order valence-corrected chi connectivity index (χ2v) is 35.1. The topological polar surface area (TPSA) is 61.0 Å². The first-order valence-corrected chi connectivity index (χ1v) is 46.9. The third-order valence-corrected chi connectivity index (χ3v) is 27.0. The molecule has 0 fully saturated rings. The molecule has 0 radical (unpaired) electrons. The van der Waals surface area contributed by atoms with E-state index in [2.05, 4.69) is 553 Å². The highest BCUT2D eigenvalue weighted by atomic mass is 15.2. The summed E-state index contributed by atoms with van der Waals surface area (Å²) in [7, 11) is 0. The molecule has 5 aromatic heterocycles. The Morgan fingerprint density at radius 1 is 0.152 bits per heavy atom. The molecule has 20 aromatic carbocycles. The van der Waals surface area contributed by atoms with Crippen molar-refractivity contribution in [2.45, 2.75) is 0 Å². The Kier molecular flexibility index (Phi) is 20.7. The highest BCUT2D eigenvalue weighted by Gasteiger charge is 2.28. The number of aromatic nitrogens is 10. The monoisotopic (exact) mass is 1760 g/mol. The average Bonchev–Trinajstić information content (AvgIpc) is 1.05. The second kappa shape index (κ2) is 35.1. The molecule has 0 amide bonds. The standard InChI is InChI=1S/C128H88N10/c1-5-31-101(32-6-1)131-85-135(123-53-25-21-49-119(123)131)105-69-61-89(62-70-105)109-39-13-17-43-113(109)95-79-96(114-44-18-14-40-110(114)90-63-71-106(72-64-90)136-86-132(102-33-7-2-8-34-102)120-50-22-26-54-124(120)136)82-99(81-95)117-47-29-48-118(127(117)93-57-59-94(60-58-93)128-129-77-30-78-130-128)100-83-97(115-45-19-15-41-111(115)91-65-73-107(74-66-91)137-87-133(103-35-9-3-10-36-103)121-51-23-27-55-125(121)137)80-98(84-100)116-46-20-16-42-112(116)92-67-75-108(76-68-92)138-88-134(104-37-11-4-12-38-104)122-52-24-28-56-126(122)138/h1-88H/q+4. The summed E-state index contributed by atoms with van der Waals surface area (Å²) < 4.78 is 18.3. The Balaban J connectivity index is 0.678. The summed E-state index contributed by atoms with van der Waals surface area (Å²) in [4.78, 5) is 9.59. The van der Waals surface area contributed by atoms with Crippen molar-refractivity contribution >= 4 is 44.1 Å². The molecule has 0 unspecified atom stereocenters. The van der Waals surface area contributed by atoms with E-state index < -0.39 is 0 Å². The van der Waals surface area contributed by atoms with Crippen LogP contribution in [0.25, 0.3) is 223 Å². The van der Waals surface area contributed by atoms with Crippen molar-refractivity contribution in [3.05, 3.63) is 535 Å². The average molecular weight is 1770 g/mol. The van der Waals surface area contributed by atoms with E-state index >= 15 is 0 Å².